The van der Waals surface area contributed by atoms with Crippen molar-refractivity contribution < 1.29 is 27.5 Å². The Hall–Kier alpha value is -3.11. The zero-order chi connectivity index (χ0) is 24.6. The third-order valence-corrected chi connectivity index (χ3v) is 6.93. The Morgan fingerprint density at radius 2 is 1.53 bits per heavy atom. The van der Waals surface area contributed by atoms with E-state index in [1.807, 2.05) is 37.3 Å². The number of ether oxygens (including phenoxy) is 2. The number of carbonyl (C=O) groups excluding carboxylic acids is 2. The average molecular weight is 490 g/mol. The largest absolute Gasteiger partial charge is 0.494 e. The van der Waals surface area contributed by atoms with Gasteiger partial charge in [0.05, 0.1) is 18.1 Å². The highest BCUT2D eigenvalue weighted by Gasteiger charge is 2.32. The number of piperazine rings is 1. The molecule has 1 unspecified atom stereocenters. The SMILES string of the molecule is CCOC(=O)N1CCN(C(=O)C(Cc2ccccc2)NS(=O)(=O)c2ccc(OCC)cc2)CC1. The minimum atomic E-state index is -3.96. The first-order valence-corrected chi connectivity index (χ1v) is 12.8. The van der Waals surface area contributed by atoms with Gasteiger partial charge in [-0.05, 0) is 50.1 Å². The molecule has 2 amide bonds. The molecular weight excluding hydrogens is 458 g/mol. The Morgan fingerprint density at radius 3 is 2.12 bits per heavy atom. The Labute approximate surface area is 200 Å². The molecule has 3 rings (SSSR count). The number of nitrogens with zero attached hydrogens (tertiary/aromatic N) is 2. The van der Waals surface area contributed by atoms with Crippen molar-refractivity contribution in [1.29, 1.82) is 0 Å². The van der Waals surface area contributed by atoms with Crippen LogP contribution in [0.2, 0.25) is 0 Å². The molecule has 0 saturated carbocycles. The minimum Gasteiger partial charge on any atom is -0.494 e. The van der Waals surface area contributed by atoms with Crippen molar-refractivity contribution in [1.82, 2.24) is 14.5 Å². The van der Waals surface area contributed by atoms with Gasteiger partial charge in [0.25, 0.3) is 0 Å². The number of hydrogen-bond acceptors (Lipinski definition) is 6. The van der Waals surface area contributed by atoms with E-state index in [0.29, 0.717) is 38.5 Å². The summed E-state index contributed by atoms with van der Waals surface area (Å²) in [6, 6.07) is 14.3. The molecule has 0 radical (unpaired) electrons. The summed E-state index contributed by atoms with van der Waals surface area (Å²) in [7, 11) is -3.96. The zero-order valence-electron chi connectivity index (χ0n) is 19.5. The summed E-state index contributed by atoms with van der Waals surface area (Å²) in [6.07, 6.45) is -0.208. The number of benzene rings is 2. The summed E-state index contributed by atoms with van der Waals surface area (Å²) in [5.41, 5.74) is 0.834. The molecule has 1 saturated heterocycles. The van der Waals surface area contributed by atoms with E-state index in [1.165, 1.54) is 12.1 Å². The van der Waals surface area contributed by atoms with Crippen LogP contribution in [0.25, 0.3) is 0 Å². The molecule has 9 nitrogen and oxygen atoms in total. The van der Waals surface area contributed by atoms with Crippen molar-refractivity contribution in [2.24, 2.45) is 0 Å². The van der Waals surface area contributed by atoms with Gasteiger partial charge in [-0.15, -0.1) is 0 Å². The van der Waals surface area contributed by atoms with Crippen molar-refractivity contribution in [2.75, 3.05) is 39.4 Å². The highest BCUT2D eigenvalue weighted by molar-refractivity contribution is 7.89. The second-order valence-electron chi connectivity index (χ2n) is 7.78. The van der Waals surface area contributed by atoms with Gasteiger partial charge in [0, 0.05) is 26.2 Å². The van der Waals surface area contributed by atoms with Crippen LogP contribution in [0.4, 0.5) is 4.79 Å². The smallest absolute Gasteiger partial charge is 0.409 e. The maximum atomic E-state index is 13.4. The standard InChI is InChI=1S/C24H31N3O6S/c1-3-32-20-10-12-21(13-11-20)34(30,31)25-22(18-19-8-6-5-7-9-19)23(28)26-14-16-27(17-15-26)24(29)33-4-2/h5-13,22,25H,3-4,14-18H2,1-2H3. The van der Waals surface area contributed by atoms with E-state index in [2.05, 4.69) is 4.72 Å². The molecule has 0 spiro atoms. The monoisotopic (exact) mass is 489 g/mol. The molecule has 0 bridgehead atoms. The van der Waals surface area contributed by atoms with Crippen LogP contribution in [0.1, 0.15) is 19.4 Å². The lowest BCUT2D eigenvalue weighted by molar-refractivity contribution is -0.134. The van der Waals surface area contributed by atoms with Gasteiger partial charge >= 0.3 is 6.09 Å². The van der Waals surface area contributed by atoms with Gasteiger partial charge in [0.15, 0.2) is 0 Å². The number of amides is 2. The molecule has 184 valence electrons. The predicted molar refractivity (Wildman–Crippen MR) is 127 cm³/mol. The van der Waals surface area contributed by atoms with Crippen molar-refractivity contribution in [3.05, 3.63) is 60.2 Å². The van der Waals surface area contributed by atoms with E-state index < -0.39 is 22.2 Å². The first-order valence-electron chi connectivity index (χ1n) is 11.3. The van der Waals surface area contributed by atoms with Gasteiger partial charge in [0.1, 0.15) is 11.8 Å². The Kier molecular flexibility index (Phi) is 8.89. The fourth-order valence-electron chi connectivity index (χ4n) is 3.71. The van der Waals surface area contributed by atoms with E-state index in [4.69, 9.17) is 9.47 Å². The molecule has 0 aromatic heterocycles. The van der Waals surface area contributed by atoms with Crippen molar-refractivity contribution >= 4 is 22.0 Å². The fraction of sp³-hybridized carbons (Fsp3) is 0.417. The molecular formula is C24H31N3O6S. The second kappa shape index (κ2) is 11.8. The van der Waals surface area contributed by atoms with Gasteiger partial charge < -0.3 is 19.3 Å². The number of nitrogens with one attached hydrogen (secondary N) is 1. The second-order valence-corrected chi connectivity index (χ2v) is 9.49. The van der Waals surface area contributed by atoms with E-state index in [-0.39, 0.29) is 23.8 Å². The van der Waals surface area contributed by atoms with E-state index in [9.17, 15) is 18.0 Å². The van der Waals surface area contributed by atoms with Crippen LogP contribution in [-0.4, -0.2) is 75.7 Å². The fourth-order valence-corrected chi connectivity index (χ4v) is 4.90. The topological polar surface area (TPSA) is 105 Å². The minimum absolute atomic E-state index is 0.0499. The van der Waals surface area contributed by atoms with Crippen LogP contribution in [0.5, 0.6) is 5.75 Å². The van der Waals surface area contributed by atoms with E-state index >= 15 is 0 Å². The molecule has 1 aliphatic rings. The van der Waals surface area contributed by atoms with Gasteiger partial charge in [-0.3, -0.25) is 4.79 Å². The molecule has 1 atom stereocenters. The molecule has 0 aliphatic carbocycles. The quantitative estimate of drug-likeness (QED) is 0.579. The molecule has 2 aromatic carbocycles. The summed E-state index contributed by atoms with van der Waals surface area (Å²) in [6.45, 7) is 5.59. The van der Waals surface area contributed by atoms with Crippen LogP contribution in [0, 0.1) is 0 Å². The molecule has 1 fully saturated rings. The molecule has 1 heterocycles. The van der Waals surface area contributed by atoms with Crippen molar-refractivity contribution in [3.63, 3.8) is 0 Å². The molecule has 1 N–H and O–H groups in total. The zero-order valence-corrected chi connectivity index (χ0v) is 20.3. The number of sulfonamides is 1. The van der Waals surface area contributed by atoms with Gasteiger partial charge in [-0.2, -0.15) is 4.72 Å². The molecule has 1 aliphatic heterocycles. The Morgan fingerprint density at radius 1 is 0.912 bits per heavy atom. The Balaban J connectivity index is 1.76. The number of rotatable bonds is 9. The number of hydrogen-bond donors (Lipinski definition) is 1. The summed E-state index contributed by atoms with van der Waals surface area (Å²) in [5.74, 6) is 0.236. The first-order chi connectivity index (χ1) is 16.3. The lowest BCUT2D eigenvalue weighted by Crippen LogP contribution is -2.56. The third kappa shape index (κ3) is 6.71. The van der Waals surface area contributed by atoms with Crippen LogP contribution in [0.15, 0.2) is 59.5 Å². The first kappa shape index (κ1) is 25.5. The lowest BCUT2D eigenvalue weighted by Gasteiger charge is -2.36. The molecule has 34 heavy (non-hydrogen) atoms. The average Bonchev–Trinajstić information content (AvgIpc) is 2.84. The maximum absolute atomic E-state index is 13.4. The predicted octanol–water partition coefficient (Wildman–Crippen LogP) is 2.28. The normalized spacial score (nSPS) is 15.0. The molecule has 2 aromatic rings. The highest BCUT2D eigenvalue weighted by Crippen LogP contribution is 2.18. The number of carbonyl (C=O) groups is 2. The van der Waals surface area contributed by atoms with Crippen LogP contribution in [-0.2, 0) is 26.0 Å². The van der Waals surface area contributed by atoms with Crippen LogP contribution < -0.4 is 9.46 Å². The highest BCUT2D eigenvalue weighted by atomic mass is 32.2. The molecule has 10 heteroatoms. The Bertz CT molecular complexity index is 1050. The lowest BCUT2D eigenvalue weighted by atomic mass is 10.1. The van der Waals surface area contributed by atoms with Gasteiger partial charge in [-0.1, -0.05) is 30.3 Å². The third-order valence-electron chi connectivity index (χ3n) is 5.44. The van der Waals surface area contributed by atoms with E-state index in [1.54, 1.807) is 28.9 Å². The van der Waals surface area contributed by atoms with Crippen molar-refractivity contribution in [3.8, 4) is 5.75 Å². The summed E-state index contributed by atoms with van der Waals surface area (Å²) in [4.78, 5) is 28.5. The van der Waals surface area contributed by atoms with Crippen molar-refractivity contribution in [2.45, 2.75) is 31.2 Å². The van der Waals surface area contributed by atoms with Gasteiger partial charge in [-0.25, -0.2) is 13.2 Å². The summed E-state index contributed by atoms with van der Waals surface area (Å²) in [5, 5.41) is 0. The van der Waals surface area contributed by atoms with E-state index in [0.717, 1.165) is 5.56 Å². The van der Waals surface area contributed by atoms with Crippen LogP contribution in [0.3, 0.4) is 0 Å². The van der Waals surface area contributed by atoms with Gasteiger partial charge in [0.2, 0.25) is 15.9 Å². The summed E-state index contributed by atoms with van der Waals surface area (Å²) < 4.78 is 39.2. The summed E-state index contributed by atoms with van der Waals surface area (Å²) >= 11 is 0. The van der Waals surface area contributed by atoms with Crippen LogP contribution >= 0.6 is 0 Å². The maximum Gasteiger partial charge on any atom is 0.409 e.